The number of piperidine rings is 1. The van der Waals surface area contributed by atoms with Crippen molar-refractivity contribution in [2.24, 2.45) is 5.92 Å². The first-order valence-corrected chi connectivity index (χ1v) is 11.9. The van der Waals surface area contributed by atoms with Gasteiger partial charge in [-0.3, -0.25) is 15.0 Å². The van der Waals surface area contributed by atoms with Gasteiger partial charge in [0.2, 0.25) is 0 Å². The Balaban J connectivity index is 1.35. The van der Waals surface area contributed by atoms with Crippen molar-refractivity contribution in [1.29, 1.82) is 0 Å². The number of alkyl halides is 3. The number of H-pyrrole nitrogens is 1. The Morgan fingerprint density at radius 2 is 1.89 bits per heavy atom. The van der Waals surface area contributed by atoms with Crippen LogP contribution in [0.2, 0.25) is 0 Å². The van der Waals surface area contributed by atoms with Gasteiger partial charge in [0.15, 0.2) is 0 Å². The van der Waals surface area contributed by atoms with E-state index in [4.69, 9.17) is 0 Å². The van der Waals surface area contributed by atoms with Crippen molar-refractivity contribution in [2.45, 2.75) is 32.5 Å². The molecule has 0 atom stereocenters. The van der Waals surface area contributed by atoms with Gasteiger partial charge in [-0.2, -0.15) is 18.3 Å². The van der Waals surface area contributed by atoms with E-state index in [1.54, 1.807) is 0 Å². The molecule has 0 spiro atoms. The molecule has 0 radical (unpaired) electrons. The van der Waals surface area contributed by atoms with E-state index in [0.717, 1.165) is 59.8 Å². The van der Waals surface area contributed by atoms with E-state index in [0.29, 0.717) is 17.1 Å². The lowest BCUT2D eigenvalue weighted by Crippen LogP contribution is -2.32. The first-order valence-electron chi connectivity index (χ1n) is 11.9. The van der Waals surface area contributed by atoms with Gasteiger partial charge in [0.1, 0.15) is 11.4 Å². The van der Waals surface area contributed by atoms with E-state index in [9.17, 15) is 13.2 Å². The molecule has 6 nitrogen and oxygen atoms in total. The molecule has 0 unspecified atom stereocenters. The number of pyridine rings is 2. The van der Waals surface area contributed by atoms with Gasteiger partial charge < -0.3 is 5.32 Å². The summed E-state index contributed by atoms with van der Waals surface area (Å²) in [6, 6.07) is 10.4. The van der Waals surface area contributed by atoms with Crippen LogP contribution in [0.15, 0.2) is 61.6 Å². The molecule has 0 aliphatic carbocycles. The van der Waals surface area contributed by atoms with Crippen molar-refractivity contribution >= 4 is 22.3 Å². The van der Waals surface area contributed by atoms with Crippen molar-refractivity contribution in [3.05, 3.63) is 78.5 Å². The topological polar surface area (TPSA) is 69.7 Å². The fraction of sp³-hybridized carbons (Fsp3) is 0.296. The van der Waals surface area contributed by atoms with E-state index in [1.807, 2.05) is 30.6 Å². The second-order valence-corrected chi connectivity index (χ2v) is 9.41. The molecule has 5 rings (SSSR count). The second kappa shape index (κ2) is 9.73. The van der Waals surface area contributed by atoms with Crippen LogP contribution in [0, 0.1) is 5.92 Å². The normalized spacial score (nSPS) is 15.3. The molecule has 1 aliphatic heterocycles. The molecule has 4 aromatic rings. The van der Waals surface area contributed by atoms with Crippen LogP contribution >= 0.6 is 0 Å². The SMILES string of the molecule is C=C(Nc1ccc(C(F)(F)F)nc1)c1n[nH]c2ccc(-c3cncc(CN4CCC(C)CC4)c3)cc12. The minimum Gasteiger partial charge on any atom is -0.353 e. The maximum atomic E-state index is 12.8. The Morgan fingerprint density at radius 1 is 1.08 bits per heavy atom. The number of nitrogens with one attached hydrogen (secondary N) is 2. The number of rotatable bonds is 6. The molecule has 36 heavy (non-hydrogen) atoms. The van der Waals surface area contributed by atoms with Crippen LogP contribution < -0.4 is 5.32 Å². The standard InChI is InChI=1S/C27H27F3N6/c1-17-7-9-36(10-8-17)16-19-11-21(14-31-13-19)20-3-5-24-23(12-20)26(35-34-24)18(2)33-22-4-6-25(32-15-22)27(28,29)30/h3-6,11-15,17,33H,2,7-10,16H2,1H3,(H,34,35). The largest absolute Gasteiger partial charge is 0.433 e. The number of fused-ring (bicyclic) bond motifs is 1. The quantitative estimate of drug-likeness (QED) is 0.328. The molecule has 1 aliphatic rings. The summed E-state index contributed by atoms with van der Waals surface area (Å²) >= 11 is 0. The zero-order valence-corrected chi connectivity index (χ0v) is 19.9. The number of aromatic nitrogens is 4. The third kappa shape index (κ3) is 5.26. The van der Waals surface area contributed by atoms with Gasteiger partial charge in [-0.1, -0.05) is 19.6 Å². The molecule has 4 heterocycles. The fourth-order valence-electron chi connectivity index (χ4n) is 4.50. The number of nitrogens with zero attached hydrogens (tertiary/aromatic N) is 4. The summed E-state index contributed by atoms with van der Waals surface area (Å²) in [7, 11) is 0. The first kappa shape index (κ1) is 24.0. The van der Waals surface area contributed by atoms with Gasteiger partial charge in [-0.05, 0) is 73.3 Å². The average Bonchev–Trinajstić information content (AvgIpc) is 3.29. The predicted octanol–water partition coefficient (Wildman–Crippen LogP) is 6.35. The zero-order chi connectivity index (χ0) is 25.3. The van der Waals surface area contributed by atoms with E-state index in [1.165, 1.54) is 24.5 Å². The molecule has 9 heteroatoms. The van der Waals surface area contributed by atoms with Crippen LogP contribution in [0.4, 0.5) is 18.9 Å². The highest BCUT2D eigenvalue weighted by Crippen LogP contribution is 2.31. The molecule has 2 N–H and O–H groups in total. The van der Waals surface area contributed by atoms with Crippen molar-refractivity contribution in [3.8, 4) is 11.1 Å². The third-order valence-corrected chi connectivity index (χ3v) is 6.61. The molecule has 1 aromatic carbocycles. The van der Waals surface area contributed by atoms with Gasteiger partial charge in [0.05, 0.1) is 23.1 Å². The summed E-state index contributed by atoms with van der Waals surface area (Å²) in [5.41, 5.74) is 4.49. The number of benzene rings is 1. The number of likely N-dealkylation sites (tertiary alicyclic amines) is 1. The molecule has 3 aromatic heterocycles. The molecule has 186 valence electrons. The number of aromatic amines is 1. The highest BCUT2D eigenvalue weighted by molar-refractivity contribution is 5.95. The van der Waals surface area contributed by atoms with E-state index >= 15 is 0 Å². The van der Waals surface area contributed by atoms with Gasteiger partial charge in [-0.25, -0.2) is 4.98 Å². The lowest BCUT2D eigenvalue weighted by Gasteiger charge is -2.30. The molecule has 0 saturated carbocycles. The van der Waals surface area contributed by atoms with Crippen LogP contribution in [0.5, 0.6) is 0 Å². The van der Waals surface area contributed by atoms with Crippen molar-refractivity contribution in [2.75, 3.05) is 18.4 Å². The Morgan fingerprint density at radius 3 is 2.61 bits per heavy atom. The Labute approximate surface area is 207 Å². The number of anilines is 1. The first-order chi connectivity index (χ1) is 17.3. The van der Waals surface area contributed by atoms with Gasteiger partial charge in [0.25, 0.3) is 0 Å². The Kier molecular flexibility index (Phi) is 6.49. The Hall–Kier alpha value is -3.72. The van der Waals surface area contributed by atoms with Gasteiger partial charge >= 0.3 is 6.18 Å². The van der Waals surface area contributed by atoms with Crippen molar-refractivity contribution < 1.29 is 13.2 Å². The molecule has 0 bridgehead atoms. The summed E-state index contributed by atoms with van der Waals surface area (Å²) in [6.07, 6.45) is 2.88. The molecule has 0 amide bonds. The summed E-state index contributed by atoms with van der Waals surface area (Å²) in [4.78, 5) is 10.4. The summed E-state index contributed by atoms with van der Waals surface area (Å²) < 4.78 is 38.4. The van der Waals surface area contributed by atoms with Gasteiger partial charge in [-0.15, -0.1) is 0 Å². The van der Waals surface area contributed by atoms with E-state index in [-0.39, 0.29) is 0 Å². The smallest absolute Gasteiger partial charge is 0.353 e. The molecule has 1 fully saturated rings. The van der Waals surface area contributed by atoms with Crippen LogP contribution in [0.3, 0.4) is 0 Å². The minimum atomic E-state index is -4.48. The van der Waals surface area contributed by atoms with Gasteiger partial charge in [0, 0.05) is 29.9 Å². The molecule has 1 saturated heterocycles. The monoisotopic (exact) mass is 492 g/mol. The third-order valence-electron chi connectivity index (χ3n) is 6.61. The summed E-state index contributed by atoms with van der Waals surface area (Å²) in [5, 5.41) is 11.2. The lowest BCUT2D eigenvalue weighted by molar-refractivity contribution is -0.141. The van der Waals surface area contributed by atoms with Crippen LogP contribution in [0.25, 0.3) is 27.7 Å². The highest BCUT2D eigenvalue weighted by atomic mass is 19.4. The maximum absolute atomic E-state index is 12.8. The van der Waals surface area contributed by atoms with Crippen molar-refractivity contribution in [3.63, 3.8) is 0 Å². The van der Waals surface area contributed by atoms with Crippen LogP contribution in [-0.4, -0.2) is 38.2 Å². The number of hydrogen-bond donors (Lipinski definition) is 2. The minimum absolute atomic E-state index is 0.393. The van der Waals surface area contributed by atoms with E-state index < -0.39 is 11.9 Å². The summed E-state index contributed by atoms with van der Waals surface area (Å²) in [6.45, 7) is 9.45. The average molecular weight is 493 g/mol. The van der Waals surface area contributed by atoms with Crippen LogP contribution in [-0.2, 0) is 12.7 Å². The lowest BCUT2D eigenvalue weighted by atomic mass is 9.98. The van der Waals surface area contributed by atoms with Crippen LogP contribution in [0.1, 0.15) is 36.7 Å². The maximum Gasteiger partial charge on any atom is 0.433 e. The highest BCUT2D eigenvalue weighted by Gasteiger charge is 2.32. The summed E-state index contributed by atoms with van der Waals surface area (Å²) in [5.74, 6) is 0.793. The predicted molar refractivity (Wildman–Crippen MR) is 135 cm³/mol. The second-order valence-electron chi connectivity index (χ2n) is 9.41. The van der Waals surface area contributed by atoms with E-state index in [2.05, 4.69) is 50.0 Å². The fourth-order valence-corrected chi connectivity index (χ4v) is 4.50. The van der Waals surface area contributed by atoms with Crippen molar-refractivity contribution in [1.82, 2.24) is 25.1 Å². The zero-order valence-electron chi connectivity index (χ0n) is 19.9. The molecular formula is C27H27F3N6. The number of halogens is 3. The Bertz CT molecular complexity index is 1370. The molecular weight excluding hydrogens is 465 g/mol. The number of hydrogen-bond acceptors (Lipinski definition) is 5.